The maximum absolute atomic E-state index is 14.0. The Kier molecular flexibility index (Phi) is 10.7. The Morgan fingerprint density at radius 3 is 2.00 bits per heavy atom. The van der Waals surface area contributed by atoms with Crippen molar-refractivity contribution in [3.63, 3.8) is 0 Å². The lowest BCUT2D eigenvalue weighted by Crippen LogP contribution is -2.53. The van der Waals surface area contributed by atoms with Gasteiger partial charge in [0.15, 0.2) is 0 Å². The maximum atomic E-state index is 14.0. The third-order valence-corrected chi connectivity index (χ3v) is 8.81. The number of halogens is 1. The van der Waals surface area contributed by atoms with Gasteiger partial charge in [-0.1, -0.05) is 62.4 Å². The third kappa shape index (κ3) is 7.57. The summed E-state index contributed by atoms with van der Waals surface area (Å²) < 4.78 is 29.6. The average molecular weight is 648 g/mol. The van der Waals surface area contributed by atoms with Crippen LogP contribution in [0, 0.1) is 3.57 Å². The Bertz CT molecular complexity index is 1300. The molecule has 0 aromatic heterocycles. The van der Waals surface area contributed by atoms with Crippen LogP contribution in [0.2, 0.25) is 0 Å². The second kappa shape index (κ2) is 13.7. The van der Waals surface area contributed by atoms with Gasteiger partial charge < -0.3 is 10.2 Å². The minimum atomic E-state index is -4.06. The molecule has 0 radical (unpaired) electrons. The van der Waals surface area contributed by atoms with Crippen molar-refractivity contribution in [1.29, 1.82) is 0 Å². The van der Waals surface area contributed by atoms with E-state index >= 15 is 0 Å². The van der Waals surface area contributed by atoms with Gasteiger partial charge in [0.25, 0.3) is 10.0 Å². The molecule has 0 fully saturated rings. The zero-order chi connectivity index (χ0) is 27.7. The Morgan fingerprint density at radius 2 is 1.45 bits per heavy atom. The van der Waals surface area contributed by atoms with Crippen molar-refractivity contribution in [1.82, 2.24) is 10.2 Å². The lowest BCUT2D eigenvalue weighted by Gasteiger charge is -2.33. The monoisotopic (exact) mass is 647 g/mol. The van der Waals surface area contributed by atoms with E-state index in [4.69, 9.17) is 0 Å². The van der Waals surface area contributed by atoms with Crippen LogP contribution in [0.5, 0.6) is 0 Å². The minimum Gasteiger partial charge on any atom is -0.352 e. The van der Waals surface area contributed by atoms with Gasteiger partial charge in [-0.2, -0.15) is 0 Å². The summed E-state index contributed by atoms with van der Waals surface area (Å²) in [5.41, 5.74) is 1.22. The van der Waals surface area contributed by atoms with Crippen LogP contribution in [0.3, 0.4) is 0 Å². The molecule has 9 heteroatoms. The lowest BCUT2D eigenvalue weighted by molar-refractivity contribution is -0.140. The number of carbonyl (C=O) groups excluding carboxylic acids is 2. The maximum Gasteiger partial charge on any atom is 0.264 e. The van der Waals surface area contributed by atoms with E-state index in [9.17, 15) is 18.0 Å². The van der Waals surface area contributed by atoms with Crippen molar-refractivity contribution in [3.05, 3.63) is 94.1 Å². The Labute approximate surface area is 239 Å². The second-order valence-corrected chi connectivity index (χ2v) is 12.2. The number of benzene rings is 3. The van der Waals surface area contributed by atoms with E-state index < -0.39 is 28.5 Å². The van der Waals surface area contributed by atoms with Gasteiger partial charge in [-0.3, -0.25) is 13.9 Å². The molecule has 3 rings (SSSR count). The number of hydrogen-bond acceptors (Lipinski definition) is 4. The molecular weight excluding hydrogens is 613 g/mol. The number of hydrogen-bond donors (Lipinski definition) is 1. The highest BCUT2D eigenvalue weighted by atomic mass is 127. The second-order valence-electron chi connectivity index (χ2n) is 9.05. The molecule has 3 aromatic rings. The van der Waals surface area contributed by atoms with Gasteiger partial charge >= 0.3 is 0 Å². The van der Waals surface area contributed by atoms with Crippen LogP contribution in [0.4, 0.5) is 5.69 Å². The molecule has 0 unspecified atom stereocenters. The number of amides is 2. The first-order valence-electron chi connectivity index (χ1n) is 12.6. The zero-order valence-corrected chi connectivity index (χ0v) is 24.9. The van der Waals surface area contributed by atoms with Gasteiger partial charge in [-0.25, -0.2) is 8.42 Å². The molecular formula is C29H34IN3O4S. The van der Waals surface area contributed by atoms with Crippen molar-refractivity contribution in [2.24, 2.45) is 0 Å². The SMILES string of the molecule is CC[C@@H](C)NC(=O)[C@@H](CC)N(Cc1ccccc1)C(=O)CN(c1ccc(I)cc1)S(=O)(=O)c1ccccc1. The van der Waals surface area contributed by atoms with Crippen LogP contribution in [0.15, 0.2) is 89.8 Å². The quantitative estimate of drug-likeness (QED) is 0.274. The molecule has 0 aliphatic rings. The predicted molar refractivity (Wildman–Crippen MR) is 159 cm³/mol. The minimum absolute atomic E-state index is 0.0491. The molecule has 0 heterocycles. The molecule has 38 heavy (non-hydrogen) atoms. The van der Waals surface area contributed by atoms with Crippen LogP contribution in [-0.2, 0) is 26.2 Å². The molecule has 0 bridgehead atoms. The summed E-state index contributed by atoms with van der Waals surface area (Å²) in [6.45, 7) is 5.48. The first kappa shape index (κ1) is 29.6. The van der Waals surface area contributed by atoms with Gasteiger partial charge in [0.2, 0.25) is 11.8 Å². The number of anilines is 1. The van der Waals surface area contributed by atoms with Gasteiger partial charge in [0.1, 0.15) is 12.6 Å². The summed E-state index contributed by atoms with van der Waals surface area (Å²) in [7, 11) is -4.06. The summed E-state index contributed by atoms with van der Waals surface area (Å²) >= 11 is 2.15. The molecule has 0 spiro atoms. The fourth-order valence-electron chi connectivity index (χ4n) is 4.00. The highest BCUT2D eigenvalue weighted by Crippen LogP contribution is 2.25. The zero-order valence-electron chi connectivity index (χ0n) is 21.9. The first-order valence-corrected chi connectivity index (χ1v) is 15.2. The van der Waals surface area contributed by atoms with Crippen LogP contribution < -0.4 is 9.62 Å². The fourth-order valence-corrected chi connectivity index (χ4v) is 5.79. The molecule has 2 atom stereocenters. The van der Waals surface area contributed by atoms with Crippen molar-refractivity contribution in [2.45, 2.75) is 57.1 Å². The topological polar surface area (TPSA) is 86.8 Å². The Hall–Kier alpha value is -2.92. The molecule has 3 aromatic carbocycles. The highest BCUT2D eigenvalue weighted by molar-refractivity contribution is 14.1. The van der Waals surface area contributed by atoms with Crippen molar-refractivity contribution >= 4 is 50.1 Å². The van der Waals surface area contributed by atoms with Gasteiger partial charge in [-0.05, 0) is 84.3 Å². The van der Waals surface area contributed by atoms with E-state index in [0.29, 0.717) is 12.1 Å². The van der Waals surface area contributed by atoms with E-state index in [1.54, 1.807) is 42.5 Å². The van der Waals surface area contributed by atoms with Crippen LogP contribution in [0.1, 0.15) is 39.2 Å². The predicted octanol–water partition coefficient (Wildman–Crippen LogP) is 5.21. The van der Waals surface area contributed by atoms with E-state index in [-0.39, 0.29) is 23.4 Å². The van der Waals surface area contributed by atoms with Crippen LogP contribution >= 0.6 is 22.6 Å². The normalized spacial score (nSPS) is 12.8. The largest absolute Gasteiger partial charge is 0.352 e. The molecule has 202 valence electrons. The fraction of sp³-hybridized carbons (Fsp3) is 0.310. The lowest BCUT2D eigenvalue weighted by atomic mass is 10.1. The summed E-state index contributed by atoms with van der Waals surface area (Å²) in [5, 5.41) is 2.98. The summed E-state index contributed by atoms with van der Waals surface area (Å²) in [5.74, 6) is -0.712. The van der Waals surface area contributed by atoms with Crippen molar-refractivity contribution < 1.29 is 18.0 Å². The summed E-state index contributed by atoms with van der Waals surface area (Å²) in [6, 6.07) is 23.6. The van der Waals surface area contributed by atoms with Gasteiger partial charge in [0, 0.05) is 16.2 Å². The molecule has 7 nitrogen and oxygen atoms in total. The standard InChI is InChI=1S/C29H34IN3O4S/c1-4-22(3)31-29(35)27(5-2)32(20-23-12-8-6-9-13-23)28(34)21-33(25-18-16-24(30)17-19-25)38(36,37)26-14-10-7-11-15-26/h6-19,22,27H,4-5,20-21H2,1-3H3,(H,31,35)/t22-,27-/m1/s1. The summed E-state index contributed by atoms with van der Waals surface area (Å²) in [4.78, 5) is 28.8. The number of rotatable bonds is 12. The van der Waals surface area contributed by atoms with Crippen LogP contribution in [0.25, 0.3) is 0 Å². The van der Waals surface area contributed by atoms with Gasteiger partial charge in [0.05, 0.1) is 10.6 Å². The molecule has 0 saturated carbocycles. The van der Waals surface area contributed by atoms with Crippen LogP contribution in [-0.4, -0.2) is 43.8 Å². The average Bonchev–Trinajstić information content (AvgIpc) is 2.93. The Balaban J connectivity index is 2.02. The van der Waals surface area contributed by atoms with Crippen molar-refractivity contribution in [2.75, 3.05) is 10.8 Å². The smallest absolute Gasteiger partial charge is 0.264 e. The number of nitrogens with zero attached hydrogens (tertiary/aromatic N) is 2. The summed E-state index contributed by atoms with van der Waals surface area (Å²) in [6.07, 6.45) is 1.14. The van der Waals surface area contributed by atoms with E-state index in [1.165, 1.54) is 17.0 Å². The molecule has 0 aliphatic heterocycles. The number of sulfonamides is 1. The van der Waals surface area contributed by atoms with Crippen molar-refractivity contribution in [3.8, 4) is 0 Å². The molecule has 0 aliphatic carbocycles. The number of carbonyl (C=O) groups is 2. The van der Waals surface area contributed by atoms with E-state index in [2.05, 4.69) is 27.9 Å². The van der Waals surface area contributed by atoms with E-state index in [1.807, 2.05) is 51.1 Å². The van der Waals surface area contributed by atoms with E-state index in [0.717, 1.165) is 19.9 Å². The molecule has 0 saturated heterocycles. The number of nitrogens with one attached hydrogen (secondary N) is 1. The first-order chi connectivity index (χ1) is 18.2. The third-order valence-electron chi connectivity index (χ3n) is 6.31. The molecule has 2 amide bonds. The molecule has 1 N–H and O–H groups in total. The highest BCUT2D eigenvalue weighted by Gasteiger charge is 2.33. The Morgan fingerprint density at radius 1 is 0.868 bits per heavy atom. The van der Waals surface area contributed by atoms with Gasteiger partial charge in [-0.15, -0.1) is 0 Å².